The molecule has 0 atom stereocenters. The molecule has 2 N–H and O–H groups in total. The van der Waals surface area contributed by atoms with Gasteiger partial charge in [-0.05, 0) is 61.1 Å². The zero-order valence-corrected chi connectivity index (χ0v) is 21.5. The first kappa shape index (κ1) is 27.1. The van der Waals surface area contributed by atoms with Gasteiger partial charge in [-0.15, -0.1) is 0 Å². The van der Waals surface area contributed by atoms with Gasteiger partial charge in [-0.25, -0.2) is 13.1 Å². The van der Waals surface area contributed by atoms with Crippen molar-refractivity contribution < 1.29 is 13.5 Å². The molecule has 1 fully saturated rings. The van der Waals surface area contributed by atoms with Crippen LogP contribution in [-0.2, 0) is 16.6 Å². The number of benzene rings is 2. The number of aliphatic hydroxyl groups is 1. The fourth-order valence-electron chi connectivity index (χ4n) is 4.32. The average molecular weight is 508 g/mol. The summed E-state index contributed by atoms with van der Waals surface area (Å²) < 4.78 is 26.6. The van der Waals surface area contributed by atoms with Crippen molar-refractivity contribution in [3.05, 3.63) is 59.1 Å². The van der Waals surface area contributed by atoms with Crippen LogP contribution >= 0.6 is 11.6 Å². The fourth-order valence-corrected chi connectivity index (χ4v) is 5.63. The molecule has 8 heteroatoms. The van der Waals surface area contributed by atoms with E-state index < -0.39 is 10.0 Å². The summed E-state index contributed by atoms with van der Waals surface area (Å²) in [4.78, 5) is 5.00. The lowest BCUT2D eigenvalue weighted by Crippen LogP contribution is -2.46. The summed E-state index contributed by atoms with van der Waals surface area (Å²) in [6.45, 7) is 6.67. The number of aliphatic hydroxyl groups excluding tert-OH is 1. The summed E-state index contributed by atoms with van der Waals surface area (Å²) in [5.74, 6) is 0.187. The molecule has 1 aliphatic rings. The standard InChI is InChI=1S/C26H38ClN3O3S/c27-25-12-10-23(11-13-25)26-9-3-2-8-24(26)22-30-18-16-29(17-19-30)15-5-1-7-21-34(32,33)28-14-4-6-20-31/h2-3,8-13,28,31H,1,4-7,14-22H2. The van der Waals surface area contributed by atoms with Crippen LogP contribution in [0.1, 0.15) is 37.7 Å². The van der Waals surface area contributed by atoms with Crippen LogP contribution in [0.2, 0.25) is 5.02 Å². The molecule has 0 unspecified atom stereocenters. The third kappa shape index (κ3) is 9.29. The Morgan fingerprint density at radius 1 is 0.853 bits per heavy atom. The van der Waals surface area contributed by atoms with Crippen molar-refractivity contribution in [3.8, 4) is 11.1 Å². The second-order valence-electron chi connectivity index (χ2n) is 8.99. The molecule has 1 saturated heterocycles. The van der Waals surface area contributed by atoms with E-state index >= 15 is 0 Å². The van der Waals surface area contributed by atoms with Gasteiger partial charge in [-0.3, -0.25) is 4.90 Å². The van der Waals surface area contributed by atoms with Gasteiger partial charge in [-0.2, -0.15) is 0 Å². The second-order valence-corrected chi connectivity index (χ2v) is 11.3. The van der Waals surface area contributed by atoms with Crippen molar-refractivity contribution in [2.75, 3.05) is 51.6 Å². The molecule has 0 saturated carbocycles. The fraction of sp³-hybridized carbons (Fsp3) is 0.538. The minimum atomic E-state index is -3.19. The SMILES string of the molecule is O=S(=O)(CCCCCN1CCN(Cc2ccccc2-c2ccc(Cl)cc2)CC1)NCCCCO. The van der Waals surface area contributed by atoms with E-state index in [0.29, 0.717) is 25.8 Å². The molecule has 0 amide bonds. The largest absolute Gasteiger partial charge is 0.396 e. The highest BCUT2D eigenvalue weighted by Gasteiger charge is 2.18. The second kappa shape index (κ2) is 14.2. The molecule has 0 bridgehead atoms. The summed E-state index contributed by atoms with van der Waals surface area (Å²) >= 11 is 6.06. The number of nitrogens with zero attached hydrogens (tertiary/aromatic N) is 2. The van der Waals surface area contributed by atoms with Crippen LogP contribution < -0.4 is 4.72 Å². The van der Waals surface area contributed by atoms with Gasteiger partial charge in [0, 0.05) is 50.9 Å². The Hall–Kier alpha value is -1.48. The zero-order chi connectivity index (χ0) is 24.2. The van der Waals surface area contributed by atoms with E-state index in [4.69, 9.17) is 16.7 Å². The third-order valence-electron chi connectivity index (χ3n) is 6.33. The Balaban J connectivity index is 1.35. The number of hydrogen-bond donors (Lipinski definition) is 2. The van der Waals surface area contributed by atoms with E-state index in [1.54, 1.807) is 0 Å². The summed E-state index contributed by atoms with van der Waals surface area (Å²) in [5, 5.41) is 9.51. The van der Waals surface area contributed by atoms with E-state index in [1.807, 2.05) is 12.1 Å². The Bertz CT molecular complexity index is 962. The third-order valence-corrected chi connectivity index (χ3v) is 8.05. The smallest absolute Gasteiger partial charge is 0.211 e. The molecule has 1 aliphatic heterocycles. The van der Waals surface area contributed by atoms with Crippen LogP contribution in [-0.4, -0.2) is 75.0 Å². The highest BCUT2D eigenvalue weighted by molar-refractivity contribution is 7.89. The van der Waals surface area contributed by atoms with Crippen molar-refractivity contribution in [3.63, 3.8) is 0 Å². The van der Waals surface area contributed by atoms with Gasteiger partial charge in [0.15, 0.2) is 0 Å². The van der Waals surface area contributed by atoms with Gasteiger partial charge in [0.2, 0.25) is 10.0 Å². The molecule has 0 radical (unpaired) electrons. The van der Waals surface area contributed by atoms with Crippen molar-refractivity contribution in [2.24, 2.45) is 0 Å². The maximum Gasteiger partial charge on any atom is 0.211 e. The Morgan fingerprint density at radius 3 is 2.29 bits per heavy atom. The van der Waals surface area contributed by atoms with E-state index in [-0.39, 0.29) is 12.4 Å². The highest BCUT2D eigenvalue weighted by atomic mass is 35.5. The number of unbranched alkanes of at least 4 members (excludes halogenated alkanes) is 3. The van der Waals surface area contributed by atoms with E-state index in [9.17, 15) is 8.42 Å². The van der Waals surface area contributed by atoms with Crippen LogP contribution in [0.25, 0.3) is 11.1 Å². The highest BCUT2D eigenvalue weighted by Crippen LogP contribution is 2.26. The number of nitrogens with one attached hydrogen (secondary N) is 1. The quantitative estimate of drug-likeness (QED) is 0.378. The number of halogens is 1. The lowest BCUT2D eigenvalue weighted by atomic mass is 9.99. The van der Waals surface area contributed by atoms with E-state index in [2.05, 4.69) is 50.9 Å². The molecule has 0 aromatic heterocycles. The first-order valence-electron chi connectivity index (χ1n) is 12.3. The number of rotatable bonds is 14. The minimum Gasteiger partial charge on any atom is -0.396 e. The molecular weight excluding hydrogens is 470 g/mol. The van der Waals surface area contributed by atoms with Gasteiger partial charge in [0.1, 0.15) is 0 Å². The van der Waals surface area contributed by atoms with Crippen LogP contribution in [0.3, 0.4) is 0 Å². The Kier molecular flexibility index (Phi) is 11.3. The monoisotopic (exact) mass is 507 g/mol. The molecule has 0 aliphatic carbocycles. The topological polar surface area (TPSA) is 72.9 Å². The molecule has 0 spiro atoms. The first-order valence-corrected chi connectivity index (χ1v) is 14.4. The summed E-state index contributed by atoms with van der Waals surface area (Å²) in [7, 11) is -3.19. The Morgan fingerprint density at radius 2 is 1.56 bits per heavy atom. The lowest BCUT2D eigenvalue weighted by Gasteiger charge is -2.35. The zero-order valence-electron chi connectivity index (χ0n) is 20.0. The predicted octanol–water partition coefficient (Wildman–Crippen LogP) is 3.99. The molecule has 6 nitrogen and oxygen atoms in total. The van der Waals surface area contributed by atoms with Gasteiger partial charge in [0.05, 0.1) is 5.75 Å². The van der Waals surface area contributed by atoms with Gasteiger partial charge in [-0.1, -0.05) is 54.4 Å². The number of piperazine rings is 1. The van der Waals surface area contributed by atoms with Crippen molar-refractivity contribution in [2.45, 2.75) is 38.6 Å². The summed E-state index contributed by atoms with van der Waals surface area (Å²) in [6, 6.07) is 16.6. The van der Waals surface area contributed by atoms with Crippen LogP contribution in [0.4, 0.5) is 0 Å². The van der Waals surface area contributed by atoms with Gasteiger partial charge in [0.25, 0.3) is 0 Å². The van der Waals surface area contributed by atoms with Crippen LogP contribution in [0.15, 0.2) is 48.5 Å². The summed E-state index contributed by atoms with van der Waals surface area (Å²) in [5.41, 5.74) is 3.80. The molecule has 3 rings (SSSR count). The normalized spacial score (nSPS) is 15.6. The predicted molar refractivity (Wildman–Crippen MR) is 141 cm³/mol. The van der Waals surface area contributed by atoms with Crippen molar-refractivity contribution in [1.29, 1.82) is 0 Å². The van der Waals surface area contributed by atoms with E-state index in [0.717, 1.165) is 57.1 Å². The summed E-state index contributed by atoms with van der Waals surface area (Å²) in [6.07, 6.45) is 3.95. The number of hydrogen-bond acceptors (Lipinski definition) is 5. The molecule has 188 valence electrons. The average Bonchev–Trinajstić information content (AvgIpc) is 2.84. The molecule has 34 heavy (non-hydrogen) atoms. The number of sulfonamides is 1. The van der Waals surface area contributed by atoms with E-state index in [1.165, 1.54) is 16.7 Å². The molecule has 2 aromatic carbocycles. The maximum absolute atomic E-state index is 12.0. The van der Waals surface area contributed by atoms with Crippen molar-refractivity contribution >= 4 is 21.6 Å². The van der Waals surface area contributed by atoms with Crippen LogP contribution in [0, 0.1) is 0 Å². The molecule has 2 aromatic rings. The van der Waals surface area contributed by atoms with Gasteiger partial charge >= 0.3 is 0 Å². The lowest BCUT2D eigenvalue weighted by molar-refractivity contribution is 0.126. The molecule has 1 heterocycles. The Labute approximate surface area is 210 Å². The van der Waals surface area contributed by atoms with Crippen molar-refractivity contribution in [1.82, 2.24) is 14.5 Å². The first-order chi connectivity index (χ1) is 16.5. The van der Waals surface area contributed by atoms with Gasteiger partial charge < -0.3 is 10.0 Å². The minimum absolute atomic E-state index is 0.104. The molecular formula is C26H38ClN3O3S. The van der Waals surface area contributed by atoms with Crippen LogP contribution in [0.5, 0.6) is 0 Å². The maximum atomic E-state index is 12.0.